The van der Waals surface area contributed by atoms with E-state index >= 15 is 0 Å². The van der Waals surface area contributed by atoms with Crippen LogP contribution < -0.4 is 5.32 Å². The summed E-state index contributed by atoms with van der Waals surface area (Å²) in [6, 6.07) is 19.4. The van der Waals surface area contributed by atoms with Crippen molar-refractivity contribution in [2.24, 2.45) is 0 Å². The minimum atomic E-state index is -0.239. The van der Waals surface area contributed by atoms with Crippen LogP contribution in [0.5, 0.6) is 0 Å². The molecule has 0 aliphatic rings. The van der Waals surface area contributed by atoms with Gasteiger partial charge in [-0.1, -0.05) is 18.2 Å². The molecule has 0 saturated carbocycles. The summed E-state index contributed by atoms with van der Waals surface area (Å²) in [5, 5.41) is 20.2. The molecule has 6 nitrogen and oxygen atoms in total. The fourth-order valence-corrected chi connectivity index (χ4v) is 2.36. The van der Waals surface area contributed by atoms with Gasteiger partial charge in [0.2, 0.25) is 0 Å². The number of nitrogens with zero attached hydrogens (tertiary/aromatic N) is 3. The van der Waals surface area contributed by atoms with E-state index in [1.807, 2.05) is 18.2 Å². The molecule has 0 aromatic heterocycles. The molecule has 0 atom stereocenters. The third kappa shape index (κ3) is 5.19. The van der Waals surface area contributed by atoms with Crippen LogP contribution in [-0.2, 0) is 0 Å². The lowest BCUT2D eigenvalue weighted by Gasteiger charge is -2.20. The van der Waals surface area contributed by atoms with Crippen LogP contribution in [-0.4, -0.2) is 29.8 Å². The molecule has 0 radical (unpaired) electrons. The van der Waals surface area contributed by atoms with Gasteiger partial charge >= 0.3 is 0 Å². The molecule has 0 fully saturated rings. The van der Waals surface area contributed by atoms with Gasteiger partial charge in [0.05, 0.1) is 25.0 Å². The van der Waals surface area contributed by atoms with Crippen LogP contribution in [0.2, 0.25) is 0 Å². The average molecular weight is 346 g/mol. The first-order valence-corrected chi connectivity index (χ1v) is 8.15. The largest absolute Gasteiger partial charge is 0.337 e. The smallest absolute Gasteiger partial charge is 0.255 e. The maximum atomic E-state index is 12.5. The number of hydrogen-bond donors (Lipinski definition) is 1. The molecule has 1 N–H and O–H groups in total. The Balaban J connectivity index is 2.05. The van der Waals surface area contributed by atoms with E-state index < -0.39 is 0 Å². The van der Waals surface area contributed by atoms with Crippen LogP contribution >= 0.6 is 0 Å². The summed E-state index contributed by atoms with van der Waals surface area (Å²) < 4.78 is 0. The lowest BCUT2D eigenvalue weighted by Crippen LogP contribution is -2.32. The second-order valence-corrected chi connectivity index (χ2v) is 5.51. The number of rotatable bonds is 7. The highest BCUT2D eigenvalue weighted by Crippen LogP contribution is 2.13. The molecule has 2 rings (SSSR count). The predicted molar refractivity (Wildman–Crippen MR) is 97.2 cm³/mol. The van der Waals surface area contributed by atoms with Gasteiger partial charge in [-0.05, 0) is 36.4 Å². The van der Waals surface area contributed by atoms with E-state index in [1.165, 1.54) is 4.90 Å². The van der Waals surface area contributed by atoms with Gasteiger partial charge < -0.3 is 10.2 Å². The van der Waals surface area contributed by atoms with Crippen molar-refractivity contribution in [1.82, 2.24) is 4.90 Å². The number of carbonyl (C=O) groups excluding carboxylic acids is 2. The normalized spacial score (nSPS) is 9.62. The lowest BCUT2D eigenvalue weighted by atomic mass is 10.1. The molecule has 6 heteroatoms. The van der Waals surface area contributed by atoms with E-state index in [0.29, 0.717) is 16.8 Å². The first-order chi connectivity index (χ1) is 12.7. The Labute approximate surface area is 152 Å². The summed E-state index contributed by atoms with van der Waals surface area (Å²) in [4.78, 5) is 26.2. The zero-order valence-electron chi connectivity index (χ0n) is 14.2. The number of hydrogen-bond acceptors (Lipinski definition) is 4. The minimum Gasteiger partial charge on any atom is -0.337 e. The number of nitrogens with one attached hydrogen (secondary N) is 1. The van der Waals surface area contributed by atoms with Gasteiger partial charge in [-0.25, -0.2) is 0 Å². The Bertz CT molecular complexity index is 815. The van der Waals surface area contributed by atoms with E-state index in [0.717, 1.165) is 0 Å². The van der Waals surface area contributed by atoms with E-state index in [1.54, 1.807) is 48.5 Å². The quantitative estimate of drug-likeness (QED) is 0.832. The Morgan fingerprint density at radius 3 is 1.96 bits per heavy atom. The molecule has 0 bridgehead atoms. The van der Waals surface area contributed by atoms with Gasteiger partial charge in [0.25, 0.3) is 11.8 Å². The number of anilines is 1. The highest BCUT2D eigenvalue weighted by atomic mass is 16.2. The fourth-order valence-electron chi connectivity index (χ4n) is 2.36. The van der Waals surface area contributed by atoms with E-state index in [2.05, 4.69) is 5.32 Å². The van der Waals surface area contributed by atoms with Crippen LogP contribution in [0.15, 0.2) is 54.6 Å². The van der Waals surface area contributed by atoms with Crippen molar-refractivity contribution >= 4 is 17.5 Å². The summed E-state index contributed by atoms with van der Waals surface area (Å²) in [6.07, 6.45) is 0.421. The van der Waals surface area contributed by atoms with Gasteiger partial charge in [0.15, 0.2) is 0 Å². The molecule has 2 amide bonds. The third-order valence-electron chi connectivity index (χ3n) is 3.70. The summed E-state index contributed by atoms with van der Waals surface area (Å²) >= 11 is 0. The summed E-state index contributed by atoms with van der Waals surface area (Å²) in [7, 11) is 0. The Hall–Kier alpha value is -3.64. The zero-order valence-corrected chi connectivity index (χ0v) is 14.2. The van der Waals surface area contributed by atoms with E-state index in [9.17, 15) is 9.59 Å². The van der Waals surface area contributed by atoms with Gasteiger partial charge in [-0.2, -0.15) is 10.5 Å². The molecule has 0 aliphatic carbocycles. The molecule has 0 unspecified atom stereocenters. The van der Waals surface area contributed by atoms with Crippen LogP contribution in [0.25, 0.3) is 0 Å². The van der Waals surface area contributed by atoms with Gasteiger partial charge in [-0.15, -0.1) is 0 Å². The Kier molecular flexibility index (Phi) is 6.91. The average Bonchev–Trinajstić information content (AvgIpc) is 2.69. The highest BCUT2D eigenvalue weighted by molar-refractivity contribution is 6.04. The molecular formula is C20H18N4O2. The van der Waals surface area contributed by atoms with E-state index in [4.69, 9.17) is 10.5 Å². The van der Waals surface area contributed by atoms with Crippen LogP contribution in [0.3, 0.4) is 0 Å². The van der Waals surface area contributed by atoms with Crippen LogP contribution in [0.4, 0.5) is 5.69 Å². The van der Waals surface area contributed by atoms with Gasteiger partial charge in [0, 0.05) is 29.9 Å². The molecule has 0 heterocycles. The molecular weight excluding hydrogens is 328 g/mol. The number of amides is 2. The third-order valence-corrected chi connectivity index (χ3v) is 3.70. The molecule has 2 aromatic carbocycles. The van der Waals surface area contributed by atoms with E-state index in [-0.39, 0.29) is 37.7 Å². The highest BCUT2D eigenvalue weighted by Gasteiger charge is 2.15. The summed E-state index contributed by atoms with van der Waals surface area (Å²) in [5.41, 5.74) is 1.57. The van der Waals surface area contributed by atoms with Crippen molar-refractivity contribution in [3.05, 3.63) is 65.7 Å². The number of nitriles is 2. The SMILES string of the molecule is N#CCCN(CCC#N)C(=O)c1ccc(NC(=O)c2ccccc2)cc1. The first-order valence-electron chi connectivity index (χ1n) is 8.15. The Morgan fingerprint density at radius 1 is 0.846 bits per heavy atom. The molecule has 0 spiro atoms. The summed E-state index contributed by atoms with van der Waals surface area (Å²) in [6.45, 7) is 0.563. The van der Waals surface area contributed by atoms with Crippen molar-refractivity contribution in [3.63, 3.8) is 0 Å². The van der Waals surface area contributed by atoms with Crippen LogP contribution in [0, 0.1) is 22.7 Å². The lowest BCUT2D eigenvalue weighted by molar-refractivity contribution is 0.0762. The zero-order chi connectivity index (χ0) is 18.8. The standard InChI is InChI=1S/C20H18N4O2/c21-12-4-14-24(15-5-13-22)20(26)17-8-10-18(11-9-17)23-19(25)16-6-2-1-3-7-16/h1-3,6-11H,4-5,14-15H2,(H,23,25). The van der Waals surface area contributed by atoms with Crippen molar-refractivity contribution in [2.75, 3.05) is 18.4 Å². The molecule has 26 heavy (non-hydrogen) atoms. The molecule has 2 aromatic rings. The van der Waals surface area contributed by atoms with Gasteiger partial charge in [-0.3, -0.25) is 9.59 Å². The predicted octanol–water partition coefficient (Wildman–Crippen LogP) is 3.21. The monoisotopic (exact) mass is 346 g/mol. The fraction of sp³-hybridized carbons (Fsp3) is 0.200. The second-order valence-electron chi connectivity index (χ2n) is 5.51. The first kappa shape index (κ1) is 18.7. The Morgan fingerprint density at radius 2 is 1.42 bits per heavy atom. The topological polar surface area (TPSA) is 97.0 Å². The van der Waals surface area contributed by atoms with Crippen molar-refractivity contribution < 1.29 is 9.59 Å². The van der Waals surface area contributed by atoms with Crippen molar-refractivity contribution in [3.8, 4) is 12.1 Å². The second kappa shape index (κ2) is 9.61. The molecule has 130 valence electrons. The number of carbonyl (C=O) groups is 2. The number of benzene rings is 2. The van der Waals surface area contributed by atoms with Crippen molar-refractivity contribution in [1.29, 1.82) is 10.5 Å². The van der Waals surface area contributed by atoms with Gasteiger partial charge in [0.1, 0.15) is 0 Å². The molecule has 0 saturated heterocycles. The van der Waals surface area contributed by atoms with Crippen LogP contribution in [0.1, 0.15) is 33.6 Å². The van der Waals surface area contributed by atoms with Crippen molar-refractivity contribution in [2.45, 2.75) is 12.8 Å². The maximum Gasteiger partial charge on any atom is 0.255 e. The maximum absolute atomic E-state index is 12.5. The minimum absolute atomic E-state index is 0.211. The summed E-state index contributed by atoms with van der Waals surface area (Å²) in [5.74, 6) is -0.467. The molecule has 0 aliphatic heterocycles.